The molecular weight excluding hydrogens is 460 g/mol. The second kappa shape index (κ2) is 9.90. The highest BCUT2D eigenvalue weighted by Gasteiger charge is 2.75. The van der Waals surface area contributed by atoms with Crippen molar-refractivity contribution < 1.29 is 29.0 Å². The Hall–Kier alpha value is -2.68. The third kappa shape index (κ3) is 3.83. The SMILES string of the molecule is C=CCCOC(=O)[C@@H]1[C@H]2C(=O)N(CCO)C(C(=O)N(CC=C)c3ccccc3Cl)C23CC[C@H]1O3. The molecule has 0 saturated carbocycles. The van der Waals surface area contributed by atoms with Crippen LogP contribution in [0.15, 0.2) is 49.6 Å². The first-order chi connectivity index (χ1) is 16.4. The maximum atomic E-state index is 14.1. The highest BCUT2D eigenvalue weighted by molar-refractivity contribution is 6.34. The van der Waals surface area contributed by atoms with Crippen LogP contribution in [0.25, 0.3) is 0 Å². The summed E-state index contributed by atoms with van der Waals surface area (Å²) in [7, 11) is 0. The van der Waals surface area contributed by atoms with Crippen LogP contribution in [0.1, 0.15) is 19.3 Å². The molecule has 0 aromatic heterocycles. The Labute approximate surface area is 203 Å². The van der Waals surface area contributed by atoms with Crippen LogP contribution in [-0.4, -0.2) is 71.8 Å². The summed E-state index contributed by atoms with van der Waals surface area (Å²) in [6.45, 7) is 7.33. The average molecular weight is 489 g/mol. The molecule has 2 bridgehead atoms. The van der Waals surface area contributed by atoms with E-state index in [1.54, 1.807) is 36.4 Å². The lowest BCUT2D eigenvalue weighted by atomic mass is 9.70. The minimum atomic E-state index is -1.17. The van der Waals surface area contributed by atoms with Gasteiger partial charge in [0.1, 0.15) is 11.6 Å². The van der Waals surface area contributed by atoms with Gasteiger partial charge in [0.25, 0.3) is 5.91 Å². The zero-order valence-corrected chi connectivity index (χ0v) is 19.7. The van der Waals surface area contributed by atoms with Crippen LogP contribution in [0.4, 0.5) is 5.69 Å². The minimum absolute atomic E-state index is 0.0514. The number of ether oxygens (including phenoxy) is 2. The molecule has 3 fully saturated rings. The fourth-order valence-corrected chi connectivity index (χ4v) is 5.88. The number of aliphatic hydroxyl groups is 1. The molecule has 9 heteroatoms. The van der Waals surface area contributed by atoms with Gasteiger partial charge in [-0.1, -0.05) is 35.9 Å². The smallest absolute Gasteiger partial charge is 0.312 e. The summed E-state index contributed by atoms with van der Waals surface area (Å²) < 4.78 is 11.7. The predicted octanol–water partition coefficient (Wildman–Crippen LogP) is 2.35. The van der Waals surface area contributed by atoms with Crippen molar-refractivity contribution in [1.29, 1.82) is 0 Å². The van der Waals surface area contributed by atoms with Crippen molar-refractivity contribution in [3.05, 3.63) is 54.6 Å². The largest absolute Gasteiger partial charge is 0.465 e. The molecule has 4 rings (SSSR count). The number of amides is 2. The van der Waals surface area contributed by atoms with Crippen LogP contribution in [0.5, 0.6) is 0 Å². The predicted molar refractivity (Wildman–Crippen MR) is 126 cm³/mol. The number of nitrogens with zero attached hydrogens (tertiary/aromatic N) is 2. The number of para-hydroxylation sites is 1. The lowest BCUT2D eigenvalue weighted by Gasteiger charge is -2.36. The molecule has 1 aromatic rings. The number of benzene rings is 1. The Kier molecular flexibility index (Phi) is 7.12. The zero-order valence-electron chi connectivity index (χ0n) is 18.9. The molecule has 1 aromatic carbocycles. The minimum Gasteiger partial charge on any atom is -0.465 e. The van der Waals surface area contributed by atoms with Crippen LogP contribution >= 0.6 is 11.6 Å². The summed E-state index contributed by atoms with van der Waals surface area (Å²) in [5.41, 5.74) is -0.685. The van der Waals surface area contributed by atoms with E-state index in [4.69, 9.17) is 21.1 Å². The highest BCUT2D eigenvalue weighted by Crippen LogP contribution is 2.58. The number of esters is 1. The normalized spacial score (nSPS) is 29.1. The van der Waals surface area contributed by atoms with E-state index in [1.807, 2.05) is 0 Å². The molecule has 3 heterocycles. The monoisotopic (exact) mass is 488 g/mol. The van der Waals surface area contributed by atoms with Crippen molar-refractivity contribution in [2.24, 2.45) is 11.8 Å². The van der Waals surface area contributed by atoms with E-state index in [9.17, 15) is 19.5 Å². The topological polar surface area (TPSA) is 96.4 Å². The molecule has 0 radical (unpaired) electrons. The molecule has 8 nitrogen and oxygen atoms in total. The second-order valence-corrected chi connectivity index (χ2v) is 9.15. The number of anilines is 1. The Morgan fingerprint density at radius 3 is 2.76 bits per heavy atom. The van der Waals surface area contributed by atoms with Gasteiger partial charge >= 0.3 is 5.97 Å². The van der Waals surface area contributed by atoms with E-state index in [-0.39, 0.29) is 32.2 Å². The number of halogens is 1. The Balaban J connectivity index is 1.72. The molecule has 3 aliphatic rings. The average Bonchev–Trinajstić information content (AvgIpc) is 3.46. The Bertz CT molecular complexity index is 999. The van der Waals surface area contributed by atoms with E-state index < -0.39 is 41.5 Å². The molecule has 3 aliphatic heterocycles. The number of hydrogen-bond acceptors (Lipinski definition) is 6. The highest BCUT2D eigenvalue weighted by atomic mass is 35.5. The van der Waals surface area contributed by atoms with Crippen molar-refractivity contribution >= 4 is 35.1 Å². The van der Waals surface area contributed by atoms with Gasteiger partial charge in [0.2, 0.25) is 5.91 Å². The van der Waals surface area contributed by atoms with Gasteiger partial charge < -0.3 is 24.4 Å². The van der Waals surface area contributed by atoms with Crippen molar-refractivity contribution in [3.8, 4) is 0 Å². The van der Waals surface area contributed by atoms with Crippen molar-refractivity contribution in [2.45, 2.75) is 37.0 Å². The summed E-state index contributed by atoms with van der Waals surface area (Å²) in [5, 5.41) is 10.1. The fraction of sp³-hybridized carbons (Fsp3) is 0.480. The van der Waals surface area contributed by atoms with Gasteiger partial charge in [-0.15, -0.1) is 13.2 Å². The van der Waals surface area contributed by atoms with Gasteiger partial charge in [-0.05, 0) is 31.4 Å². The van der Waals surface area contributed by atoms with Crippen molar-refractivity contribution in [1.82, 2.24) is 4.90 Å². The quantitative estimate of drug-likeness (QED) is 0.308. The standard InChI is InChI=1S/C25H29ClN2O6/c1-3-5-15-33-24(32)19-18-10-11-25(34-18)20(19)22(30)28(13-14-29)21(25)23(31)27(12-4-2)17-9-7-6-8-16(17)26/h3-4,6-9,18-21,29H,1-2,5,10-15H2/t18-,19+,20+,21?,25?/m1/s1. The van der Waals surface area contributed by atoms with E-state index in [1.165, 1.54) is 9.80 Å². The molecule has 182 valence electrons. The summed E-state index contributed by atoms with van der Waals surface area (Å²) >= 11 is 6.40. The maximum Gasteiger partial charge on any atom is 0.312 e. The first kappa shape index (κ1) is 24.4. The van der Waals surface area contributed by atoms with Gasteiger partial charge in [0.15, 0.2) is 0 Å². The number of aliphatic hydroxyl groups excluding tert-OH is 1. The molecule has 1 N–H and O–H groups in total. The number of fused-ring (bicyclic) bond motifs is 1. The molecule has 0 aliphatic carbocycles. The van der Waals surface area contributed by atoms with Crippen LogP contribution < -0.4 is 4.90 Å². The summed E-state index contributed by atoms with van der Waals surface area (Å²) in [6.07, 6.45) is 4.22. The van der Waals surface area contributed by atoms with Gasteiger partial charge in [0.05, 0.1) is 41.9 Å². The second-order valence-electron chi connectivity index (χ2n) is 8.74. The number of hydrogen-bond donors (Lipinski definition) is 1. The van der Waals surface area contributed by atoms with Gasteiger partial charge in [-0.25, -0.2) is 0 Å². The molecular formula is C25H29ClN2O6. The van der Waals surface area contributed by atoms with Crippen molar-refractivity contribution in [2.75, 3.05) is 31.2 Å². The molecule has 34 heavy (non-hydrogen) atoms. The van der Waals surface area contributed by atoms with Crippen LogP contribution in [0, 0.1) is 11.8 Å². The maximum absolute atomic E-state index is 14.1. The Morgan fingerprint density at radius 1 is 1.32 bits per heavy atom. The van der Waals surface area contributed by atoms with E-state index in [0.29, 0.717) is 30.0 Å². The van der Waals surface area contributed by atoms with Crippen LogP contribution in [0.2, 0.25) is 5.02 Å². The molecule has 3 saturated heterocycles. The number of carbonyl (C=O) groups is 3. The first-order valence-electron chi connectivity index (χ1n) is 11.4. The zero-order chi connectivity index (χ0) is 24.5. The third-order valence-corrected chi connectivity index (χ3v) is 7.25. The Morgan fingerprint density at radius 2 is 2.09 bits per heavy atom. The molecule has 5 atom stereocenters. The first-order valence-corrected chi connectivity index (χ1v) is 11.8. The lowest BCUT2D eigenvalue weighted by Crippen LogP contribution is -2.57. The summed E-state index contributed by atoms with van der Waals surface area (Å²) in [4.78, 5) is 43.4. The summed E-state index contributed by atoms with van der Waals surface area (Å²) in [5.74, 6) is -2.91. The molecule has 2 amide bonds. The van der Waals surface area contributed by atoms with Gasteiger partial charge in [-0.2, -0.15) is 0 Å². The number of rotatable bonds is 10. The van der Waals surface area contributed by atoms with Crippen molar-refractivity contribution in [3.63, 3.8) is 0 Å². The van der Waals surface area contributed by atoms with Gasteiger partial charge in [-0.3, -0.25) is 14.4 Å². The molecule has 1 spiro atoms. The van der Waals surface area contributed by atoms with Gasteiger partial charge in [0, 0.05) is 13.1 Å². The number of likely N-dealkylation sites (tertiary alicyclic amines) is 1. The number of β-amino-alcohol motifs (C(OH)–C–C–N with tert-alkyl or cyclic N) is 1. The van der Waals surface area contributed by atoms with Crippen LogP contribution in [-0.2, 0) is 23.9 Å². The molecule has 2 unspecified atom stereocenters. The number of carbonyl (C=O) groups excluding carboxylic acids is 3. The van der Waals surface area contributed by atoms with Crippen LogP contribution in [0.3, 0.4) is 0 Å². The lowest BCUT2D eigenvalue weighted by molar-refractivity contribution is -0.155. The fourth-order valence-electron chi connectivity index (χ4n) is 5.64. The van der Waals surface area contributed by atoms with E-state index in [0.717, 1.165) is 0 Å². The van der Waals surface area contributed by atoms with E-state index in [2.05, 4.69) is 13.2 Å². The summed E-state index contributed by atoms with van der Waals surface area (Å²) in [6, 6.07) is 5.92. The van der Waals surface area contributed by atoms with E-state index >= 15 is 0 Å². The third-order valence-electron chi connectivity index (χ3n) is 6.93.